The van der Waals surface area contributed by atoms with Crippen LogP contribution in [0.3, 0.4) is 0 Å². The second-order valence-corrected chi connectivity index (χ2v) is 8.18. The van der Waals surface area contributed by atoms with Gasteiger partial charge in [0.25, 0.3) is 0 Å². The number of nitrogens with one attached hydrogen (secondary N) is 3. The molecule has 0 saturated carbocycles. The van der Waals surface area contributed by atoms with Crippen LogP contribution in [-0.2, 0) is 4.74 Å². The molecule has 1 aromatic rings. The molecule has 0 heterocycles. The molecule has 0 aromatic heterocycles. The van der Waals surface area contributed by atoms with Crippen molar-refractivity contribution < 1.29 is 14.3 Å². The summed E-state index contributed by atoms with van der Waals surface area (Å²) in [6.07, 6.45) is 0.367. The predicted octanol–water partition coefficient (Wildman–Crippen LogP) is 2.77. The first-order valence-electron chi connectivity index (χ1n) is 10.5. The molecule has 0 bridgehead atoms. The third kappa shape index (κ3) is 10.3. The highest BCUT2D eigenvalue weighted by molar-refractivity contribution is 5.79. The Bertz CT molecular complexity index is 671. The maximum atomic E-state index is 11.7. The van der Waals surface area contributed by atoms with Crippen LogP contribution in [0.2, 0.25) is 0 Å². The summed E-state index contributed by atoms with van der Waals surface area (Å²) in [5.74, 6) is 1.59. The third-order valence-corrected chi connectivity index (χ3v) is 4.18. The van der Waals surface area contributed by atoms with Crippen LogP contribution in [0.1, 0.15) is 45.7 Å². The molecule has 30 heavy (non-hydrogen) atoms. The number of hydrogen-bond donors (Lipinski definition) is 3. The molecule has 0 aliphatic rings. The van der Waals surface area contributed by atoms with Crippen molar-refractivity contribution in [2.75, 3.05) is 47.4 Å². The number of methoxy groups -OCH3 is 1. The molecule has 0 fully saturated rings. The van der Waals surface area contributed by atoms with E-state index < -0.39 is 11.7 Å². The van der Waals surface area contributed by atoms with E-state index in [9.17, 15) is 4.79 Å². The van der Waals surface area contributed by atoms with Crippen molar-refractivity contribution in [2.24, 2.45) is 4.99 Å². The molecule has 170 valence electrons. The van der Waals surface area contributed by atoms with Gasteiger partial charge in [-0.15, -0.1) is 0 Å². The molecule has 0 aliphatic carbocycles. The van der Waals surface area contributed by atoms with Crippen LogP contribution in [0.25, 0.3) is 0 Å². The first-order chi connectivity index (χ1) is 14.2. The van der Waals surface area contributed by atoms with E-state index in [1.165, 1.54) is 0 Å². The van der Waals surface area contributed by atoms with Crippen molar-refractivity contribution in [2.45, 2.75) is 45.8 Å². The number of carbonyl (C=O) groups is 1. The van der Waals surface area contributed by atoms with Crippen LogP contribution in [-0.4, -0.2) is 69.9 Å². The minimum Gasteiger partial charge on any atom is -0.497 e. The SMILES string of the molecule is CCNC(=NCC(c1cccc(OC)c1)N(C)C)NCCCNC(=O)OC(C)(C)C. The topological polar surface area (TPSA) is 87.2 Å². The molecular weight excluding hydrogens is 382 g/mol. The molecule has 0 spiro atoms. The fraction of sp³-hybridized carbons (Fsp3) is 0.636. The van der Waals surface area contributed by atoms with Crippen LogP contribution >= 0.6 is 0 Å². The lowest BCUT2D eigenvalue weighted by molar-refractivity contribution is 0.0527. The summed E-state index contributed by atoms with van der Waals surface area (Å²) in [7, 11) is 5.76. The maximum absolute atomic E-state index is 11.7. The molecule has 3 N–H and O–H groups in total. The zero-order chi connectivity index (χ0) is 22.6. The van der Waals surface area contributed by atoms with Gasteiger partial charge in [-0.1, -0.05) is 12.1 Å². The highest BCUT2D eigenvalue weighted by Crippen LogP contribution is 2.22. The largest absolute Gasteiger partial charge is 0.497 e. The quantitative estimate of drug-likeness (QED) is 0.306. The van der Waals surface area contributed by atoms with Gasteiger partial charge in [0.05, 0.1) is 19.7 Å². The third-order valence-electron chi connectivity index (χ3n) is 4.18. The smallest absolute Gasteiger partial charge is 0.407 e. The zero-order valence-corrected chi connectivity index (χ0v) is 19.5. The van der Waals surface area contributed by atoms with Crippen molar-refractivity contribution in [3.05, 3.63) is 29.8 Å². The van der Waals surface area contributed by atoms with E-state index >= 15 is 0 Å². The monoisotopic (exact) mass is 421 g/mol. The van der Waals surface area contributed by atoms with Gasteiger partial charge in [-0.25, -0.2) is 4.79 Å². The maximum Gasteiger partial charge on any atom is 0.407 e. The molecule has 0 aliphatic heterocycles. The Hall–Kier alpha value is -2.48. The zero-order valence-electron chi connectivity index (χ0n) is 19.5. The standard InChI is InChI=1S/C22H39N5O3/c1-8-23-20(24-13-10-14-25-21(28)30-22(2,3)4)26-16-19(27(5)6)17-11-9-12-18(15-17)29-7/h9,11-12,15,19H,8,10,13-14,16H2,1-7H3,(H,25,28)(H2,23,24,26). The summed E-state index contributed by atoms with van der Waals surface area (Å²) in [5, 5.41) is 9.34. The fourth-order valence-electron chi connectivity index (χ4n) is 2.73. The van der Waals surface area contributed by atoms with Crippen LogP contribution in [0, 0.1) is 0 Å². The van der Waals surface area contributed by atoms with Gasteiger partial charge in [-0.05, 0) is 65.9 Å². The lowest BCUT2D eigenvalue weighted by Gasteiger charge is -2.24. The first-order valence-corrected chi connectivity index (χ1v) is 10.5. The van der Waals surface area contributed by atoms with Crippen molar-refractivity contribution in [1.82, 2.24) is 20.9 Å². The van der Waals surface area contributed by atoms with E-state index in [0.29, 0.717) is 19.6 Å². The summed E-state index contributed by atoms with van der Waals surface area (Å²) >= 11 is 0. The number of nitrogens with zero attached hydrogens (tertiary/aromatic N) is 2. The van der Waals surface area contributed by atoms with Gasteiger partial charge in [0, 0.05) is 19.6 Å². The van der Waals surface area contributed by atoms with E-state index in [2.05, 4.69) is 26.9 Å². The highest BCUT2D eigenvalue weighted by Gasteiger charge is 2.16. The van der Waals surface area contributed by atoms with Crippen molar-refractivity contribution in [1.29, 1.82) is 0 Å². The highest BCUT2D eigenvalue weighted by atomic mass is 16.6. The van der Waals surface area contributed by atoms with Gasteiger partial charge in [0.1, 0.15) is 11.4 Å². The number of carbonyl (C=O) groups excluding carboxylic acids is 1. The van der Waals surface area contributed by atoms with Gasteiger partial charge in [-0.2, -0.15) is 0 Å². The number of guanidine groups is 1. The molecule has 1 unspecified atom stereocenters. The first kappa shape index (κ1) is 25.6. The fourth-order valence-corrected chi connectivity index (χ4v) is 2.73. The summed E-state index contributed by atoms with van der Waals surface area (Å²) in [4.78, 5) is 18.6. The van der Waals surface area contributed by atoms with Gasteiger partial charge in [-0.3, -0.25) is 4.99 Å². The number of benzene rings is 1. The number of aliphatic imine (C=N–C) groups is 1. The molecule has 1 atom stereocenters. The number of amides is 1. The average Bonchev–Trinajstić information content (AvgIpc) is 2.66. The van der Waals surface area contributed by atoms with E-state index in [1.807, 2.05) is 60.0 Å². The van der Waals surface area contributed by atoms with Crippen LogP contribution in [0.5, 0.6) is 5.75 Å². The van der Waals surface area contributed by atoms with Gasteiger partial charge in [0.2, 0.25) is 0 Å². The lowest BCUT2D eigenvalue weighted by atomic mass is 10.1. The van der Waals surface area contributed by atoms with Gasteiger partial charge >= 0.3 is 6.09 Å². The Kier molecular flexibility index (Phi) is 11.0. The van der Waals surface area contributed by atoms with Gasteiger partial charge < -0.3 is 30.3 Å². The Balaban J connectivity index is 2.58. The van der Waals surface area contributed by atoms with E-state index in [1.54, 1.807) is 7.11 Å². The lowest BCUT2D eigenvalue weighted by Crippen LogP contribution is -2.40. The Morgan fingerprint density at radius 2 is 1.87 bits per heavy atom. The molecule has 1 amide bonds. The van der Waals surface area contributed by atoms with Crippen LogP contribution in [0.15, 0.2) is 29.3 Å². The molecule has 1 rings (SSSR count). The van der Waals surface area contributed by atoms with E-state index in [-0.39, 0.29) is 6.04 Å². The number of hydrogen-bond acceptors (Lipinski definition) is 5. The van der Waals surface area contributed by atoms with E-state index in [0.717, 1.165) is 30.2 Å². The number of alkyl carbamates (subject to hydrolysis) is 1. The second kappa shape index (κ2) is 13.0. The summed E-state index contributed by atoms with van der Waals surface area (Å²) in [5.41, 5.74) is 0.666. The number of ether oxygens (including phenoxy) is 2. The van der Waals surface area contributed by atoms with Crippen molar-refractivity contribution in [3.8, 4) is 5.75 Å². The summed E-state index contributed by atoms with van der Waals surface area (Å²) < 4.78 is 10.6. The molecular formula is C22H39N5O3. The Morgan fingerprint density at radius 3 is 2.47 bits per heavy atom. The number of rotatable bonds is 10. The predicted molar refractivity (Wildman–Crippen MR) is 122 cm³/mol. The van der Waals surface area contributed by atoms with Crippen LogP contribution in [0.4, 0.5) is 4.79 Å². The number of likely N-dealkylation sites (N-methyl/N-ethyl adjacent to an activating group) is 1. The van der Waals surface area contributed by atoms with Crippen molar-refractivity contribution >= 4 is 12.1 Å². The normalized spacial score (nSPS) is 13.0. The van der Waals surface area contributed by atoms with Crippen LogP contribution < -0.4 is 20.7 Å². The molecule has 8 nitrogen and oxygen atoms in total. The molecule has 0 radical (unpaired) electrons. The Morgan fingerprint density at radius 1 is 1.17 bits per heavy atom. The summed E-state index contributed by atoms with van der Waals surface area (Å²) in [6, 6.07) is 8.20. The minimum absolute atomic E-state index is 0.129. The average molecular weight is 422 g/mol. The summed E-state index contributed by atoms with van der Waals surface area (Å²) in [6.45, 7) is 10.2. The molecule has 0 saturated heterocycles. The second-order valence-electron chi connectivity index (χ2n) is 8.18. The molecule has 8 heteroatoms. The van der Waals surface area contributed by atoms with Gasteiger partial charge in [0.15, 0.2) is 5.96 Å². The molecule has 1 aromatic carbocycles. The Labute approximate surface area is 181 Å². The minimum atomic E-state index is -0.487. The van der Waals surface area contributed by atoms with Crippen molar-refractivity contribution in [3.63, 3.8) is 0 Å². The van der Waals surface area contributed by atoms with E-state index in [4.69, 9.17) is 14.5 Å².